The van der Waals surface area contributed by atoms with Crippen molar-refractivity contribution in [2.24, 2.45) is 34.3 Å². The highest BCUT2D eigenvalue weighted by Gasteiger charge is 2.70. The highest BCUT2D eigenvalue weighted by Crippen LogP contribution is 2.65. The molecule has 0 aromatic rings. The van der Waals surface area contributed by atoms with Gasteiger partial charge in [0.15, 0.2) is 0 Å². The summed E-state index contributed by atoms with van der Waals surface area (Å²) >= 11 is 0. The Hall–Kier alpha value is -2.65. The summed E-state index contributed by atoms with van der Waals surface area (Å²) in [5.41, 5.74) is 3.70. The van der Waals surface area contributed by atoms with Gasteiger partial charge in [0.1, 0.15) is 17.7 Å². The van der Waals surface area contributed by atoms with Crippen LogP contribution in [0.2, 0.25) is 0 Å². The highest BCUT2D eigenvalue weighted by molar-refractivity contribution is 6.37. The first-order valence-electron chi connectivity index (χ1n) is 12.8. The molecule has 0 bridgehead atoms. The molecular weight excluding hydrogens is 464 g/mol. The topological polar surface area (TPSA) is 148 Å². The van der Waals surface area contributed by atoms with E-state index in [-0.39, 0.29) is 29.1 Å². The predicted molar refractivity (Wildman–Crippen MR) is 132 cm³/mol. The molecule has 0 radical (unpaired) electrons. The molecule has 36 heavy (non-hydrogen) atoms. The van der Waals surface area contributed by atoms with Crippen LogP contribution in [0.25, 0.3) is 0 Å². The van der Waals surface area contributed by atoms with Crippen molar-refractivity contribution in [2.75, 3.05) is 6.54 Å². The van der Waals surface area contributed by atoms with E-state index in [0.717, 1.165) is 12.8 Å². The van der Waals surface area contributed by atoms with E-state index in [1.807, 2.05) is 20.8 Å². The van der Waals surface area contributed by atoms with Crippen LogP contribution in [-0.4, -0.2) is 64.8 Å². The molecule has 3 rings (SSSR count). The van der Waals surface area contributed by atoms with Crippen molar-refractivity contribution in [1.29, 1.82) is 0 Å². The Balaban J connectivity index is 1.83. The van der Waals surface area contributed by atoms with Gasteiger partial charge in [0, 0.05) is 6.54 Å². The number of nitrogens with two attached hydrogens (primary N) is 1. The van der Waals surface area contributed by atoms with E-state index in [1.165, 1.54) is 4.90 Å². The van der Waals surface area contributed by atoms with Gasteiger partial charge in [0.25, 0.3) is 5.91 Å². The molecule has 3 unspecified atom stereocenters. The van der Waals surface area contributed by atoms with Crippen LogP contribution in [0.4, 0.5) is 4.79 Å². The maximum atomic E-state index is 13.8. The fourth-order valence-corrected chi connectivity index (χ4v) is 5.40. The molecule has 1 heterocycles. The number of ketones is 1. The van der Waals surface area contributed by atoms with E-state index in [4.69, 9.17) is 10.5 Å². The second-order valence-corrected chi connectivity index (χ2v) is 13.3. The largest absolute Gasteiger partial charge is 0.444 e. The molecule has 0 aromatic heterocycles. The third-order valence-electron chi connectivity index (χ3n) is 7.68. The van der Waals surface area contributed by atoms with Gasteiger partial charge in [-0.05, 0) is 55.8 Å². The molecule has 5 atom stereocenters. The Morgan fingerprint density at radius 2 is 1.61 bits per heavy atom. The number of Topliss-reactive ketones (excluding diaryl/α,β-unsaturated/α-hetero) is 1. The van der Waals surface area contributed by atoms with Crippen molar-refractivity contribution in [2.45, 2.75) is 98.4 Å². The van der Waals surface area contributed by atoms with Crippen molar-refractivity contribution in [3.8, 4) is 0 Å². The molecular formula is C26H42N4O6. The summed E-state index contributed by atoms with van der Waals surface area (Å²) in [5.74, 6) is -2.45. The van der Waals surface area contributed by atoms with E-state index in [2.05, 4.69) is 24.5 Å². The van der Waals surface area contributed by atoms with Gasteiger partial charge >= 0.3 is 6.09 Å². The summed E-state index contributed by atoms with van der Waals surface area (Å²) in [4.78, 5) is 65.5. The van der Waals surface area contributed by atoms with Crippen molar-refractivity contribution < 1.29 is 28.7 Å². The SMILES string of the molecule is CC(C)(C)OC(=O)N[C@H](C(=O)N1C[C@H]2C(C1C(=O)NC(CC1CC1)C(=O)C(N)=O)C2(C)C)C(C)(C)C. The van der Waals surface area contributed by atoms with Gasteiger partial charge in [-0.15, -0.1) is 0 Å². The summed E-state index contributed by atoms with van der Waals surface area (Å²) in [6.45, 7) is 15.2. The summed E-state index contributed by atoms with van der Waals surface area (Å²) in [6.07, 6.45) is 1.52. The lowest BCUT2D eigenvalue weighted by molar-refractivity contribution is -0.145. The van der Waals surface area contributed by atoms with Crippen LogP contribution in [0.5, 0.6) is 0 Å². The van der Waals surface area contributed by atoms with Crippen LogP contribution in [0.3, 0.4) is 0 Å². The van der Waals surface area contributed by atoms with Crippen LogP contribution in [-0.2, 0) is 23.9 Å². The maximum absolute atomic E-state index is 13.8. The molecule has 0 aromatic carbocycles. The number of nitrogens with one attached hydrogen (secondary N) is 2. The average Bonchev–Trinajstić information content (AvgIpc) is 3.55. The molecule has 202 valence electrons. The second-order valence-electron chi connectivity index (χ2n) is 13.3. The average molecular weight is 507 g/mol. The van der Waals surface area contributed by atoms with Crippen LogP contribution in [0.15, 0.2) is 0 Å². The number of primary amides is 1. The van der Waals surface area contributed by atoms with Crippen molar-refractivity contribution in [1.82, 2.24) is 15.5 Å². The first-order chi connectivity index (χ1) is 16.3. The molecule has 10 nitrogen and oxygen atoms in total. The Morgan fingerprint density at radius 1 is 1.03 bits per heavy atom. The number of hydrogen-bond donors (Lipinski definition) is 3. The smallest absolute Gasteiger partial charge is 0.408 e. The van der Waals surface area contributed by atoms with Gasteiger partial charge in [0.2, 0.25) is 17.6 Å². The third-order valence-corrected chi connectivity index (χ3v) is 7.68. The zero-order valence-electron chi connectivity index (χ0n) is 22.8. The van der Waals surface area contributed by atoms with Crippen LogP contribution < -0.4 is 16.4 Å². The monoisotopic (exact) mass is 506 g/mol. The van der Waals surface area contributed by atoms with Crippen LogP contribution >= 0.6 is 0 Å². The molecule has 10 heteroatoms. The lowest BCUT2D eigenvalue weighted by Gasteiger charge is -2.38. The lowest BCUT2D eigenvalue weighted by Crippen LogP contribution is -2.60. The lowest BCUT2D eigenvalue weighted by atomic mass is 9.85. The van der Waals surface area contributed by atoms with Gasteiger partial charge in [-0.1, -0.05) is 47.5 Å². The molecule has 1 saturated heterocycles. The number of fused-ring (bicyclic) bond motifs is 1. The van der Waals surface area contributed by atoms with E-state index in [1.54, 1.807) is 20.8 Å². The minimum Gasteiger partial charge on any atom is -0.444 e. The summed E-state index contributed by atoms with van der Waals surface area (Å²) < 4.78 is 5.38. The molecule has 4 N–H and O–H groups in total. The Kier molecular flexibility index (Phi) is 7.24. The number of carbonyl (C=O) groups excluding carboxylic acids is 5. The minimum absolute atomic E-state index is 0.0890. The zero-order chi connectivity index (χ0) is 27.4. The summed E-state index contributed by atoms with van der Waals surface area (Å²) in [7, 11) is 0. The van der Waals surface area contributed by atoms with E-state index < -0.39 is 52.8 Å². The number of rotatable bonds is 8. The van der Waals surface area contributed by atoms with Crippen LogP contribution in [0.1, 0.15) is 74.7 Å². The fourth-order valence-electron chi connectivity index (χ4n) is 5.40. The number of carbonyl (C=O) groups is 5. The van der Waals surface area contributed by atoms with Gasteiger partial charge in [-0.25, -0.2) is 4.79 Å². The molecule has 2 saturated carbocycles. The first-order valence-corrected chi connectivity index (χ1v) is 12.8. The standard InChI is InChI=1S/C26H42N4O6/c1-24(2,3)19(29-23(35)36-25(4,5)6)22(34)30-12-14-16(26(14,7)8)17(30)21(33)28-15(11-13-9-10-13)18(31)20(27)32/h13-17,19H,9-12H2,1-8H3,(H2,27,32)(H,28,33)(H,29,35)/t14-,15?,16?,17?,19+/m0/s1. The summed E-state index contributed by atoms with van der Waals surface area (Å²) in [6, 6.07) is -2.75. The Bertz CT molecular complexity index is 943. The number of hydrogen-bond acceptors (Lipinski definition) is 6. The van der Waals surface area contributed by atoms with E-state index in [9.17, 15) is 24.0 Å². The highest BCUT2D eigenvalue weighted by atomic mass is 16.6. The van der Waals surface area contributed by atoms with Gasteiger partial charge in [-0.2, -0.15) is 0 Å². The Morgan fingerprint density at radius 3 is 2.08 bits per heavy atom. The van der Waals surface area contributed by atoms with Crippen molar-refractivity contribution in [3.63, 3.8) is 0 Å². The third kappa shape index (κ3) is 6.00. The normalized spacial score (nSPS) is 26.3. The van der Waals surface area contributed by atoms with E-state index in [0.29, 0.717) is 13.0 Å². The number of alkyl carbamates (subject to hydrolysis) is 1. The number of ether oxygens (including phenoxy) is 1. The summed E-state index contributed by atoms with van der Waals surface area (Å²) in [5, 5.41) is 5.45. The van der Waals surface area contributed by atoms with E-state index >= 15 is 0 Å². The number of piperidine rings is 1. The van der Waals surface area contributed by atoms with Gasteiger partial charge in [-0.3, -0.25) is 19.2 Å². The quantitative estimate of drug-likeness (QED) is 0.427. The first kappa shape index (κ1) is 27.9. The molecule has 2 aliphatic carbocycles. The predicted octanol–water partition coefficient (Wildman–Crippen LogP) is 1.75. The van der Waals surface area contributed by atoms with Gasteiger partial charge in [0.05, 0.1) is 6.04 Å². The second kappa shape index (κ2) is 9.34. The Labute approximate surface area is 213 Å². The molecule has 1 aliphatic heterocycles. The van der Waals surface area contributed by atoms with Crippen LogP contribution in [0, 0.1) is 28.6 Å². The number of nitrogens with zero attached hydrogens (tertiary/aromatic N) is 1. The van der Waals surface area contributed by atoms with Gasteiger partial charge < -0.3 is 26.0 Å². The molecule has 3 aliphatic rings. The minimum atomic E-state index is -1.08. The number of amides is 4. The van der Waals surface area contributed by atoms with Crippen molar-refractivity contribution >= 4 is 29.6 Å². The molecule has 0 spiro atoms. The molecule has 3 fully saturated rings. The molecule has 4 amide bonds. The zero-order valence-corrected chi connectivity index (χ0v) is 22.8. The van der Waals surface area contributed by atoms with Crippen molar-refractivity contribution in [3.05, 3.63) is 0 Å². The maximum Gasteiger partial charge on any atom is 0.408 e. The number of likely N-dealkylation sites (tertiary alicyclic amines) is 1. The fraction of sp³-hybridized carbons (Fsp3) is 0.808.